The molecular formula is C27H21F3N2. The predicted molar refractivity (Wildman–Crippen MR) is 120 cm³/mol. The van der Waals surface area contributed by atoms with E-state index in [1.54, 1.807) is 6.07 Å². The first-order chi connectivity index (χ1) is 15.5. The van der Waals surface area contributed by atoms with E-state index >= 15 is 0 Å². The smallest absolute Gasteiger partial charge is 0.195 e. The maximum absolute atomic E-state index is 13.8. The van der Waals surface area contributed by atoms with Gasteiger partial charge in [0, 0.05) is 34.5 Å². The molecule has 0 saturated carbocycles. The number of hydrogen-bond acceptors (Lipinski definition) is 2. The average molecular weight is 430 g/mol. The molecule has 1 aromatic heterocycles. The fourth-order valence-electron chi connectivity index (χ4n) is 3.44. The van der Waals surface area contributed by atoms with Crippen molar-refractivity contribution in [2.75, 3.05) is 0 Å². The molecule has 0 aliphatic heterocycles. The van der Waals surface area contributed by atoms with Crippen molar-refractivity contribution in [2.45, 2.75) is 32.6 Å². The van der Waals surface area contributed by atoms with Crippen molar-refractivity contribution in [3.8, 4) is 23.2 Å². The van der Waals surface area contributed by atoms with Gasteiger partial charge in [-0.3, -0.25) is 0 Å². The van der Waals surface area contributed by atoms with Gasteiger partial charge in [-0.2, -0.15) is 0 Å². The summed E-state index contributed by atoms with van der Waals surface area (Å²) in [5.41, 5.74) is 3.40. The second kappa shape index (κ2) is 9.65. The number of rotatable bonds is 5. The van der Waals surface area contributed by atoms with Crippen molar-refractivity contribution >= 4 is 10.8 Å². The van der Waals surface area contributed by atoms with Crippen LogP contribution in [0.1, 0.15) is 42.9 Å². The maximum Gasteiger partial charge on any atom is 0.195 e. The highest BCUT2D eigenvalue weighted by atomic mass is 19.2. The number of nitrogens with zero attached hydrogens (tertiary/aromatic N) is 2. The first-order valence-electron chi connectivity index (χ1n) is 10.6. The van der Waals surface area contributed by atoms with Crippen LogP contribution in [-0.4, -0.2) is 9.97 Å². The zero-order chi connectivity index (χ0) is 22.5. The van der Waals surface area contributed by atoms with Gasteiger partial charge in [-0.1, -0.05) is 37.7 Å². The fraction of sp³-hybridized carbons (Fsp3) is 0.185. The van der Waals surface area contributed by atoms with Crippen molar-refractivity contribution in [1.29, 1.82) is 0 Å². The van der Waals surface area contributed by atoms with Crippen molar-refractivity contribution < 1.29 is 13.2 Å². The SMILES string of the molecule is CCCCCc1cnc(-c2ccc(C#Cc3ccc4c(F)c(F)c(F)cc4c3)cc2)nc1. The molecule has 4 rings (SSSR count). The van der Waals surface area contributed by atoms with Crippen molar-refractivity contribution in [1.82, 2.24) is 9.97 Å². The minimum Gasteiger partial charge on any atom is -0.236 e. The molecule has 32 heavy (non-hydrogen) atoms. The lowest BCUT2D eigenvalue weighted by molar-refractivity contribution is 0.453. The van der Waals surface area contributed by atoms with Crippen LogP contribution in [0.3, 0.4) is 0 Å². The van der Waals surface area contributed by atoms with Crippen molar-refractivity contribution in [2.24, 2.45) is 0 Å². The number of aromatic nitrogens is 2. The Hall–Kier alpha value is -3.65. The third-order valence-corrected chi connectivity index (χ3v) is 5.24. The summed E-state index contributed by atoms with van der Waals surface area (Å²) in [4.78, 5) is 8.93. The summed E-state index contributed by atoms with van der Waals surface area (Å²) >= 11 is 0. The Morgan fingerprint density at radius 2 is 1.47 bits per heavy atom. The molecule has 1 heterocycles. The molecule has 3 aromatic carbocycles. The predicted octanol–water partition coefficient (Wildman–Crippen LogP) is 6.85. The molecule has 0 radical (unpaired) electrons. The molecule has 0 aliphatic carbocycles. The number of hydrogen-bond donors (Lipinski definition) is 0. The molecule has 0 N–H and O–H groups in total. The normalized spacial score (nSPS) is 10.8. The van der Waals surface area contributed by atoms with Crippen LogP contribution in [0.5, 0.6) is 0 Å². The summed E-state index contributed by atoms with van der Waals surface area (Å²) < 4.78 is 40.7. The second-order valence-electron chi connectivity index (χ2n) is 7.62. The van der Waals surface area contributed by atoms with E-state index in [1.165, 1.54) is 25.0 Å². The van der Waals surface area contributed by atoms with E-state index in [-0.39, 0.29) is 10.8 Å². The standard InChI is InChI=1S/C27H21F3N2/c1-2-3-4-5-20-16-31-27(32-17-20)21-11-8-18(9-12-21)6-7-19-10-13-23-22(14-19)15-24(28)26(30)25(23)29/h8-17H,2-5H2,1H3. The molecule has 0 unspecified atom stereocenters. The van der Waals surface area contributed by atoms with E-state index < -0.39 is 17.5 Å². The van der Waals surface area contributed by atoms with Gasteiger partial charge in [0.15, 0.2) is 23.3 Å². The summed E-state index contributed by atoms with van der Waals surface area (Å²) in [6.45, 7) is 2.18. The molecule has 0 saturated heterocycles. The van der Waals surface area contributed by atoms with Crippen LogP contribution in [0.4, 0.5) is 13.2 Å². The molecule has 160 valence electrons. The lowest BCUT2D eigenvalue weighted by Crippen LogP contribution is -1.93. The third-order valence-electron chi connectivity index (χ3n) is 5.24. The van der Waals surface area contributed by atoms with Gasteiger partial charge in [-0.05, 0) is 66.3 Å². The van der Waals surface area contributed by atoms with Crippen molar-refractivity contribution in [3.05, 3.63) is 95.1 Å². The minimum atomic E-state index is -1.47. The van der Waals surface area contributed by atoms with Crippen LogP contribution in [0.25, 0.3) is 22.2 Å². The van der Waals surface area contributed by atoms with Crippen LogP contribution in [-0.2, 0) is 6.42 Å². The van der Waals surface area contributed by atoms with Gasteiger partial charge in [0.05, 0.1) is 0 Å². The van der Waals surface area contributed by atoms with E-state index in [2.05, 4.69) is 28.7 Å². The monoisotopic (exact) mass is 430 g/mol. The Kier molecular flexibility index (Phi) is 6.51. The fourth-order valence-corrected chi connectivity index (χ4v) is 3.44. The highest BCUT2D eigenvalue weighted by Gasteiger charge is 2.13. The number of aryl methyl sites for hydroxylation is 1. The second-order valence-corrected chi connectivity index (χ2v) is 7.62. The Morgan fingerprint density at radius 3 is 2.19 bits per heavy atom. The van der Waals surface area contributed by atoms with Crippen LogP contribution in [0, 0.1) is 29.3 Å². The molecule has 0 amide bonds. The van der Waals surface area contributed by atoms with Crippen LogP contribution >= 0.6 is 0 Å². The Bertz CT molecular complexity index is 1300. The Labute approximate surface area is 185 Å². The van der Waals surface area contributed by atoms with Crippen LogP contribution in [0.15, 0.2) is 60.9 Å². The summed E-state index contributed by atoms with van der Waals surface area (Å²) in [5.74, 6) is 2.80. The average Bonchev–Trinajstić information content (AvgIpc) is 2.82. The molecule has 0 bridgehead atoms. The zero-order valence-electron chi connectivity index (χ0n) is 17.6. The zero-order valence-corrected chi connectivity index (χ0v) is 17.6. The highest BCUT2D eigenvalue weighted by Crippen LogP contribution is 2.24. The Balaban J connectivity index is 1.49. The lowest BCUT2D eigenvalue weighted by atomic mass is 10.1. The largest absolute Gasteiger partial charge is 0.236 e. The van der Waals surface area contributed by atoms with Gasteiger partial charge in [0.2, 0.25) is 0 Å². The van der Waals surface area contributed by atoms with Crippen molar-refractivity contribution in [3.63, 3.8) is 0 Å². The van der Waals surface area contributed by atoms with Gasteiger partial charge < -0.3 is 0 Å². The maximum atomic E-state index is 13.8. The first kappa shape index (κ1) is 21.6. The molecule has 0 spiro atoms. The van der Waals surface area contributed by atoms with Gasteiger partial charge in [0.25, 0.3) is 0 Å². The minimum absolute atomic E-state index is 0.0233. The summed E-state index contributed by atoms with van der Waals surface area (Å²) in [5, 5.41) is 0.286. The van der Waals surface area contributed by atoms with E-state index in [1.807, 2.05) is 36.7 Å². The van der Waals surface area contributed by atoms with Gasteiger partial charge in [-0.25, -0.2) is 23.1 Å². The number of fused-ring (bicyclic) bond motifs is 1. The molecule has 0 fully saturated rings. The number of unbranched alkanes of at least 4 members (excludes halogenated alkanes) is 2. The van der Waals surface area contributed by atoms with E-state index in [0.717, 1.165) is 35.6 Å². The molecule has 4 aromatic rings. The molecule has 0 aliphatic rings. The lowest BCUT2D eigenvalue weighted by Gasteiger charge is -2.03. The van der Waals surface area contributed by atoms with E-state index in [4.69, 9.17) is 0 Å². The van der Waals surface area contributed by atoms with E-state index in [0.29, 0.717) is 11.4 Å². The third kappa shape index (κ3) is 4.81. The van der Waals surface area contributed by atoms with Crippen LogP contribution < -0.4 is 0 Å². The summed E-state index contributed by atoms with van der Waals surface area (Å²) in [7, 11) is 0. The van der Waals surface area contributed by atoms with Gasteiger partial charge >= 0.3 is 0 Å². The quantitative estimate of drug-likeness (QED) is 0.197. The molecule has 0 atom stereocenters. The van der Waals surface area contributed by atoms with Gasteiger partial charge in [0.1, 0.15) is 0 Å². The van der Waals surface area contributed by atoms with E-state index in [9.17, 15) is 13.2 Å². The highest BCUT2D eigenvalue weighted by molar-refractivity contribution is 5.84. The molecule has 5 heteroatoms. The number of halogens is 3. The topological polar surface area (TPSA) is 25.8 Å². The van der Waals surface area contributed by atoms with Crippen LogP contribution in [0.2, 0.25) is 0 Å². The summed E-state index contributed by atoms with van der Waals surface area (Å²) in [6.07, 6.45) is 8.28. The number of benzene rings is 3. The molecule has 2 nitrogen and oxygen atoms in total. The van der Waals surface area contributed by atoms with Gasteiger partial charge in [-0.15, -0.1) is 0 Å². The molecular weight excluding hydrogens is 409 g/mol. The summed E-state index contributed by atoms with van der Waals surface area (Å²) in [6, 6.07) is 13.1. The first-order valence-corrected chi connectivity index (χ1v) is 10.6. The Morgan fingerprint density at radius 1 is 0.781 bits per heavy atom.